The number of aromatic nitrogens is 3. The molecule has 0 radical (unpaired) electrons. The summed E-state index contributed by atoms with van der Waals surface area (Å²) in [5.41, 5.74) is 4.76. The molecule has 3 aromatic rings. The van der Waals surface area contributed by atoms with Gasteiger partial charge in [-0.3, -0.25) is 14.3 Å². The molecule has 1 aliphatic heterocycles. The van der Waals surface area contributed by atoms with E-state index in [1.54, 1.807) is 19.3 Å². The maximum absolute atomic E-state index is 12.9. The van der Waals surface area contributed by atoms with Crippen LogP contribution in [0.3, 0.4) is 0 Å². The average Bonchev–Trinajstić information content (AvgIpc) is 2.86. The maximum Gasteiger partial charge on any atom is 0.254 e. The van der Waals surface area contributed by atoms with Gasteiger partial charge >= 0.3 is 0 Å². The third kappa shape index (κ3) is 3.18. The predicted molar refractivity (Wildman–Crippen MR) is 104 cm³/mol. The number of hydrogen-bond donors (Lipinski definition) is 0. The van der Waals surface area contributed by atoms with Gasteiger partial charge in [-0.1, -0.05) is 30.3 Å². The lowest BCUT2D eigenvalue weighted by Gasteiger charge is -2.20. The van der Waals surface area contributed by atoms with Gasteiger partial charge in [-0.25, -0.2) is 0 Å². The molecule has 0 aliphatic carbocycles. The zero-order chi connectivity index (χ0) is 19.0. The Balaban J connectivity index is 1.61. The zero-order valence-corrected chi connectivity index (χ0v) is 15.6. The summed E-state index contributed by atoms with van der Waals surface area (Å²) in [7, 11) is 3.64. The Hall–Kier alpha value is -3.15. The van der Waals surface area contributed by atoms with Gasteiger partial charge in [-0.05, 0) is 12.5 Å². The Labute approximate surface area is 157 Å². The highest BCUT2D eigenvalue weighted by Gasteiger charge is 2.25. The second-order valence-electron chi connectivity index (χ2n) is 6.92. The van der Waals surface area contributed by atoms with Crippen LogP contribution in [0.2, 0.25) is 0 Å². The maximum atomic E-state index is 12.9. The number of amides is 1. The van der Waals surface area contributed by atoms with E-state index in [1.165, 1.54) is 21.9 Å². The van der Waals surface area contributed by atoms with E-state index in [1.807, 2.05) is 34.8 Å². The first-order chi connectivity index (χ1) is 13.0. The van der Waals surface area contributed by atoms with Crippen molar-refractivity contribution in [3.8, 4) is 11.3 Å². The highest BCUT2D eigenvalue weighted by molar-refractivity contribution is 5.94. The van der Waals surface area contributed by atoms with Crippen LogP contribution in [-0.2, 0) is 26.9 Å². The van der Waals surface area contributed by atoms with Crippen molar-refractivity contribution in [2.75, 3.05) is 13.1 Å². The Kier molecular flexibility index (Phi) is 4.39. The van der Waals surface area contributed by atoms with Crippen LogP contribution < -0.4 is 5.56 Å². The van der Waals surface area contributed by atoms with Gasteiger partial charge < -0.3 is 9.47 Å². The number of nitrogens with zero attached hydrogens (tertiary/aromatic N) is 4. The fourth-order valence-corrected chi connectivity index (χ4v) is 3.67. The molecule has 1 aromatic carbocycles. The van der Waals surface area contributed by atoms with Gasteiger partial charge in [0, 0.05) is 68.3 Å². The van der Waals surface area contributed by atoms with Gasteiger partial charge in [0.2, 0.25) is 0 Å². The summed E-state index contributed by atoms with van der Waals surface area (Å²) in [6.07, 6.45) is 3.14. The second-order valence-corrected chi connectivity index (χ2v) is 6.92. The molecule has 0 saturated heterocycles. The molecule has 4 rings (SSSR count). The van der Waals surface area contributed by atoms with Crippen molar-refractivity contribution < 1.29 is 4.79 Å². The summed E-state index contributed by atoms with van der Waals surface area (Å²) in [5, 5.41) is 4.72. The monoisotopic (exact) mass is 362 g/mol. The van der Waals surface area contributed by atoms with Crippen molar-refractivity contribution in [2.24, 2.45) is 14.1 Å². The van der Waals surface area contributed by atoms with Crippen LogP contribution in [0.5, 0.6) is 0 Å². The first kappa shape index (κ1) is 17.3. The predicted octanol–water partition coefficient (Wildman–Crippen LogP) is 2.03. The van der Waals surface area contributed by atoms with E-state index in [4.69, 9.17) is 5.10 Å². The summed E-state index contributed by atoms with van der Waals surface area (Å²) < 4.78 is 3.40. The molecule has 0 fully saturated rings. The van der Waals surface area contributed by atoms with E-state index in [0.29, 0.717) is 18.7 Å². The standard InChI is InChI=1S/C21H22N4O2/c1-23-11-8-16(14-19(23)26)21(27)25-12-9-17-18(10-13-25)24(2)22-20(17)15-6-4-3-5-7-15/h3-8,11,14H,9-10,12-13H2,1-2H3. The molecular weight excluding hydrogens is 340 g/mol. The quantitative estimate of drug-likeness (QED) is 0.701. The van der Waals surface area contributed by atoms with E-state index < -0.39 is 0 Å². The highest BCUT2D eigenvalue weighted by atomic mass is 16.2. The van der Waals surface area contributed by atoms with Crippen LogP contribution in [0.1, 0.15) is 21.6 Å². The summed E-state index contributed by atoms with van der Waals surface area (Å²) in [6, 6.07) is 13.3. The molecule has 0 bridgehead atoms. The first-order valence-electron chi connectivity index (χ1n) is 9.10. The molecule has 27 heavy (non-hydrogen) atoms. The lowest BCUT2D eigenvalue weighted by Crippen LogP contribution is -2.34. The van der Waals surface area contributed by atoms with Crippen LogP contribution in [0.25, 0.3) is 11.3 Å². The topological polar surface area (TPSA) is 60.1 Å². The van der Waals surface area contributed by atoms with Crippen molar-refractivity contribution in [1.29, 1.82) is 0 Å². The third-order valence-corrected chi connectivity index (χ3v) is 5.21. The van der Waals surface area contributed by atoms with Gasteiger partial charge in [0.25, 0.3) is 11.5 Å². The van der Waals surface area contributed by atoms with Crippen molar-refractivity contribution in [2.45, 2.75) is 12.8 Å². The summed E-state index contributed by atoms with van der Waals surface area (Å²) in [5.74, 6) is -0.0882. The molecule has 0 unspecified atom stereocenters. The van der Waals surface area contributed by atoms with Gasteiger partial charge in [-0.15, -0.1) is 0 Å². The molecule has 0 spiro atoms. The Morgan fingerprint density at radius 1 is 1.04 bits per heavy atom. The van der Waals surface area contributed by atoms with Gasteiger partial charge in [-0.2, -0.15) is 5.10 Å². The van der Waals surface area contributed by atoms with E-state index in [9.17, 15) is 9.59 Å². The molecule has 3 heterocycles. The summed E-state index contributed by atoms with van der Waals surface area (Å²) in [6.45, 7) is 1.24. The average molecular weight is 362 g/mol. The minimum atomic E-state index is -0.172. The van der Waals surface area contributed by atoms with Gasteiger partial charge in [0.1, 0.15) is 0 Å². The van der Waals surface area contributed by atoms with Gasteiger partial charge in [0.15, 0.2) is 0 Å². The Bertz CT molecular complexity index is 1050. The van der Waals surface area contributed by atoms with Gasteiger partial charge in [0.05, 0.1) is 5.69 Å². The zero-order valence-electron chi connectivity index (χ0n) is 15.6. The summed E-state index contributed by atoms with van der Waals surface area (Å²) >= 11 is 0. The molecule has 1 aliphatic rings. The summed E-state index contributed by atoms with van der Waals surface area (Å²) in [4.78, 5) is 26.6. The van der Waals surface area contributed by atoms with Crippen molar-refractivity contribution >= 4 is 5.91 Å². The molecule has 2 aromatic heterocycles. The number of carbonyl (C=O) groups is 1. The number of fused-ring (bicyclic) bond motifs is 1. The molecule has 0 N–H and O–H groups in total. The molecule has 6 heteroatoms. The Morgan fingerprint density at radius 3 is 2.52 bits per heavy atom. The third-order valence-electron chi connectivity index (χ3n) is 5.21. The van der Waals surface area contributed by atoms with Crippen molar-refractivity contribution in [3.63, 3.8) is 0 Å². The fraction of sp³-hybridized carbons (Fsp3) is 0.286. The molecule has 138 valence electrons. The van der Waals surface area contributed by atoms with Crippen LogP contribution in [0.15, 0.2) is 53.5 Å². The molecule has 0 saturated carbocycles. The SMILES string of the molecule is Cn1nc(-c2ccccc2)c2c1CCN(C(=O)c1ccn(C)c(=O)c1)CC2. The normalized spacial score (nSPS) is 13.9. The van der Waals surface area contributed by atoms with Crippen molar-refractivity contribution in [3.05, 3.63) is 75.8 Å². The molecular formula is C21H22N4O2. The number of aryl methyl sites for hydroxylation is 2. The van der Waals surface area contributed by atoms with E-state index in [2.05, 4.69) is 12.1 Å². The minimum absolute atomic E-state index is 0.0882. The number of hydrogen-bond acceptors (Lipinski definition) is 3. The van der Waals surface area contributed by atoms with Crippen LogP contribution in [0.4, 0.5) is 0 Å². The first-order valence-corrected chi connectivity index (χ1v) is 9.10. The largest absolute Gasteiger partial charge is 0.338 e. The molecule has 6 nitrogen and oxygen atoms in total. The molecule has 1 amide bonds. The minimum Gasteiger partial charge on any atom is -0.338 e. The van der Waals surface area contributed by atoms with Crippen molar-refractivity contribution in [1.82, 2.24) is 19.2 Å². The number of benzene rings is 1. The second kappa shape index (κ2) is 6.87. The van der Waals surface area contributed by atoms with E-state index in [-0.39, 0.29) is 11.5 Å². The molecule has 0 atom stereocenters. The van der Waals surface area contributed by atoms with E-state index in [0.717, 1.165) is 24.1 Å². The van der Waals surface area contributed by atoms with Crippen LogP contribution in [0, 0.1) is 0 Å². The number of pyridine rings is 1. The van der Waals surface area contributed by atoms with E-state index >= 15 is 0 Å². The lowest BCUT2D eigenvalue weighted by molar-refractivity contribution is 0.0762. The number of rotatable bonds is 2. The smallest absolute Gasteiger partial charge is 0.254 e. The fourth-order valence-electron chi connectivity index (χ4n) is 3.67. The van der Waals surface area contributed by atoms with Crippen LogP contribution in [-0.4, -0.2) is 38.2 Å². The number of carbonyl (C=O) groups excluding carboxylic acids is 1. The van der Waals surface area contributed by atoms with Crippen LogP contribution >= 0.6 is 0 Å². The Morgan fingerprint density at radius 2 is 1.78 bits per heavy atom. The lowest BCUT2D eigenvalue weighted by atomic mass is 10.0. The highest BCUT2D eigenvalue weighted by Crippen LogP contribution is 2.28.